The molecule has 0 saturated carbocycles. The van der Waals surface area contributed by atoms with Crippen LogP contribution in [0.1, 0.15) is 29.2 Å². The molecule has 0 fully saturated rings. The van der Waals surface area contributed by atoms with E-state index in [4.69, 9.17) is 18.9 Å². The first-order chi connectivity index (χ1) is 20.4. The molecule has 212 valence electrons. The fourth-order valence-electron chi connectivity index (χ4n) is 5.40. The molecule has 0 spiro atoms. The molecule has 5 rings (SSSR count). The molecule has 0 radical (unpaired) electrons. The van der Waals surface area contributed by atoms with E-state index in [0.29, 0.717) is 17.1 Å². The second-order valence-corrected chi connectivity index (χ2v) is 9.87. The van der Waals surface area contributed by atoms with E-state index in [1.54, 1.807) is 6.92 Å². The van der Waals surface area contributed by atoms with Crippen molar-refractivity contribution in [2.24, 2.45) is 0 Å². The van der Waals surface area contributed by atoms with Crippen LogP contribution in [0, 0.1) is 0 Å². The molecule has 0 aromatic heterocycles. The van der Waals surface area contributed by atoms with Gasteiger partial charge in [0, 0.05) is 11.6 Å². The summed E-state index contributed by atoms with van der Waals surface area (Å²) in [5.41, 5.74) is 6.73. The van der Waals surface area contributed by atoms with Gasteiger partial charge in [0.05, 0.1) is 5.41 Å². The zero-order chi connectivity index (χ0) is 29.5. The maximum Gasteiger partial charge on any atom is 0.333 e. The number of ether oxygens (including phenoxy) is 4. The lowest BCUT2D eigenvalue weighted by atomic mass is 9.68. The molecule has 42 heavy (non-hydrogen) atoms. The van der Waals surface area contributed by atoms with E-state index in [0.717, 1.165) is 17.2 Å². The first-order valence-electron chi connectivity index (χ1n) is 13.7. The van der Waals surface area contributed by atoms with Crippen LogP contribution in [0.3, 0.4) is 0 Å². The lowest BCUT2D eigenvalue weighted by Gasteiger charge is -2.34. The largest absolute Gasteiger partial charge is 0.490 e. The van der Waals surface area contributed by atoms with E-state index >= 15 is 0 Å². The SMILES string of the molecule is C=CC(=O)OCCOc1ccc(C2(c3ccc(OCCOC(=O)C(=C)C)cc3)c3ccccc3-c3ccccc32)cc1. The molecule has 0 saturated heterocycles. The first-order valence-corrected chi connectivity index (χ1v) is 13.7. The predicted octanol–water partition coefficient (Wildman–Crippen LogP) is 6.66. The monoisotopic (exact) mass is 560 g/mol. The van der Waals surface area contributed by atoms with Gasteiger partial charge in [-0.2, -0.15) is 0 Å². The van der Waals surface area contributed by atoms with E-state index in [9.17, 15) is 9.59 Å². The molecule has 0 heterocycles. The minimum absolute atomic E-state index is 0.141. The van der Waals surface area contributed by atoms with Crippen molar-refractivity contribution in [3.63, 3.8) is 0 Å². The molecular weight excluding hydrogens is 528 g/mol. The molecule has 0 amide bonds. The van der Waals surface area contributed by atoms with E-state index < -0.39 is 17.4 Å². The van der Waals surface area contributed by atoms with Gasteiger partial charge in [-0.05, 0) is 64.6 Å². The van der Waals surface area contributed by atoms with Gasteiger partial charge in [0.1, 0.15) is 37.9 Å². The minimum Gasteiger partial charge on any atom is -0.490 e. The molecule has 0 aliphatic heterocycles. The molecule has 6 nitrogen and oxygen atoms in total. The molecule has 0 bridgehead atoms. The van der Waals surface area contributed by atoms with Crippen LogP contribution < -0.4 is 9.47 Å². The van der Waals surface area contributed by atoms with E-state index in [1.165, 1.54) is 22.3 Å². The topological polar surface area (TPSA) is 71.1 Å². The molecular formula is C36H32O6. The average molecular weight is 561 g/mol. The van der Waals surface area contributed by atoms with Crippen molar-refractivity contribution in [2.45, 2.75) is 12.3 Å². The molecule has 1 aliphatic carbocycles. The standard InChI is InChI=1S/C36H32O6/c1-4-34(37)41-23-21-39-28-17-13-26(14-18-28)36(32-11-7-5-9-30(32)31-10-6-8-12-33(31)36)27-15-19-29(20-16-27)40-22-24-42-35(38)25(2)3/h4-20H,1-2,21-24H2,3H3. The van der Waals surface area contributed by atoms with Crippen LogP contribution in [0.15, 0.2) is 122 Å². The van der Waals surface area contributed by atoms with Gasteiger partial charge in [-0.1, -0.05) is 86.0 Å². The highest BCUT2D eigenvalue weighted by molar-refractivity contribution is 5.87. The quantitative estimate of drug-likeness (QED) is 0.0966. The van der Waals surface area contributed by atoms with Gasteiger partial charge in [-0.25, -0.2) is 9.59 Å². The Bertz CT molecular complexity index is 1560. The Labute approximate surface area is 245 Å². The van der Waals surface area contributed by atoms with Gasteiger partial charge in [0.2, 0.25) is 0 Å². The van der Waals surface area contributed by atoms with Crippen molar-refractivity contribution in [3.05, 3.63) is 144 Å². The third-order valence-corrected chi connectivity index (χ3v) is 7.22. The number of hydrogen-bond donors (Lipinski definition) is 0. The molecule has 4 aromatic rings. The van der Waals surface area contributed by atoms with Crippen molar-refractivity contribution < 1.29 is 28.5 Å². The number of esters is 2. The molecule has 0 unspecified atom stereocenters. The second-order valence-electron chi connectivity index (χ2n) is 9.87. The molecule has 6 heteroatoms. The van der Waals surface area contributed by atoms with Gasteiger partial charge in [0.15, 0.2) is 0 Å². The van der Waals surface area contributed by atoms with Gasteiger partial charge < -0.3 is 18.9 Å². The summed E-state index contributed by atoms with van der Waals surface area (Å²) in [4.78, 5) is 22.9. The Kier molecular flexibility index (Phi) is 8.53. The van der Waals surface area contributed by atoms with Crippen LogP contribution in [0.2, 0.25) is 0 Å². The third-order valence-electron chi connectivity index (χ3n) is 7.22. The first kappa shape index (κ1) is 28.4. The summed E-state index contributed by atoms with van der Waals surface area (Å²) in [5, 5.41) is 0. The minimum atomic E-state index is -0.569. The Hall–Kier alpha value is -5.10. The number of benzene rings is 4. The van der Waals surface area contributed by atoms with Crippen molar-refractivity contribution in [2.75, 3.05) is 26.4 Å². The summed E-state index contributed by atoms with van der Waals surface area (Å²) < 4.78 is 21.8. The fraction of sp³-hybridized carbons (Fsp3) is 0.167. The lowest BCUT2D eigenvalue weighted by Crippen LogP contribution is -2.28. The number of rotatable bonds is 12. The normalized spacial score (nSPS) is 12.4. The third kappa shape index (κ3) is 5.56. The van der Waals surface area contributed by atoms with E-state index in [2.05, 4.69) is 86.0 Å². The Morgan fingerprint density at radius 1 is 0.667 bits per heavy atom. The number of hydrogen-bond acceptors (Lipinski definition) is 6. The molecule has 1 aliphatic rings. The average Bonchev–Trinajstić information content (AvgIpc) is 3.33. The number of fused-ring (bicyclic) bond motifs is 3. The van der Waals surface area contributed by atoms with Crippen LogP contribution in [-0.2, 0) is 24.5 Å². The molecule has 0 N–H and O–H groups in total. The van der Waals surface area contributed by atoms with Crippen LogP contribution in [-0.4, -0.2) is 38.4 Å². The zero-order valence-electron chi connectivity index (χ0n) is 23.5. The predicted molar refractivity (Wildman–Crippen MR) is 162 cm³/mol. The second kappa shape index (κ2) is 12.6. The van der Waals surface area contributed by atoms with Crippen LogP contribution in [0.4, 0.5) is 0 Å². The smallest absolute Gasteiger partial charge is 0.333 e. The Morgan fingerprint density at radius 2 is 1.12 bits per heavy atom. The van der Waals surface area contributed by atoms with Gasteiger partial charge in [-0.3, -0.25) is 0 Å². The maximum atomic E-state index is 11.6. The summed E-state index contributed by atoms with van der Waals surface area (Å²) in [6.07, 6.45) is 1.13. The van der Waals surface area contributed by atoms with Crippen molar-refractivity contribution in [3.8, 4) is 22.6 Å². The summed E-state index contributed by atoms with van der Waals surface area (Å²) in [6.45, 7) is 9.37. The van der Waals surface area contributed by atoms with Gasteiger partial charge >= 0.3 is 11.9 Å². The summed E-state index contributed by atoms with van der Waals surface area (Å²) in [7, 11) is 0. The van der Waals surface area contributed by atoms with Crippen LogP contribution >= 0.6 is 0 Å². The van der Waals surface area contributed by atoms with Gasteiger partial charge in [-0.15, -0.1) is 0 Å². The highest BCUT2D eigenvalue weighted by Crippen LogP contribution is 2.56. The zero-order valence-corrected chi connectivity index (χ0v) is 23.5. The van der Waals surface area contributed by atoms with Gasteiger partial charge in [0.25, 0.3) is 0 Å². The van der Waals surface area contributed by atoms with Crippen molar-refractivity contribution in [1.82, 2.24) is 0 Å². The maximum absolute atomic E-state index is 11.6. The molecule has 0 atom stereocenters. The summed E-state index contributed by atoms with van der Waals surface area (Å²) in [5.74, 6) is 0.457. The number of carbonyl (C=O) groups excluding carboxylic acids is 2. The fourth-order valence-corrected chi connectivity index (χ4v) is 5.40. The van der Waals surface area contributed by atoms with Crippen LogP contribution in [0.5, 0.6) is 11.5 Å². The highest BCUT2D eigenvalue weighted by atomic mass is 16.6. The summed E-state index contributed by atoms with van der Waals surface area (Å²) in [6, 6.07) is 33.1. The summed E-state index contributed by atoms with van der Waals surface area (Å²) >= 11 is 0. The van der Waals surface area contributed by atoms with Crippen molar-refractivity contribution in [1.29, 1.82) is 0 Å². The van der Waals surface area contributed by atoms with Crippen molar-refractivity contribution >= 4 is 11.9 Å². The highest BCUT2D eigenvalue weighted by Gasteiger charge is 2.45. The van der Waals surface area contributed by atoms with E-state index in [-0.39, 0.29) is 26.4 Å². The Morgan fingerprint density at radius 3 is 1.57 bits per heavy atom. The van der Waals surface area contributed by atoms with E-state index in [1.807, 2.05) is 24.3 Å². The number of carbonyl (C=O) groups is 2. The van der Waals surface area contributed by atoms with Crippen LogP contribution in [0.25, 0.3) is 11.1 Å². The molecule has 4 aromatic carbocycles. The Balaban J connectivity index is 1.46. The lowest BCUT2D eigenvalue weighted by molar-refractivity contribution is -0.140.